The van der Waals surface area contributed by atoms with Crippen molar-refractivity contribution in [1.29, 1.82) is 0 Å². The zero-order valence-electron chi connectivity index (χ0n) is 18.7. The van der Waals surface area contributed by atoms with Gasteiger partial charge in [0.2, 0.25) is 5.91 Å². The molecule has 2 heterocycles. The van der Waals surface area contributed by atoms with Gasteiger partial charge in [-0.3, -0.25) is 9.59 Å². The number of carbonyl (C=O) groups is 2. The number of hydrogen-bond acceptors (Lipinski definition) is 6. The predicted molar refractivity (Wildman–Crippen MR) is 121 cm³/mol. The van der Waals surface area contributed by atoms with Crippen molar-refractivity contribution in [2.24, 2.45) is 0 Å². The highest BCUT2D eigenvalue weighted by molar-refractivity contribution is 5.93. The van der Waals surface area contributed by atoms with Crippen LogP contribution in [0.25, 0.3) is 0 Å². The number of aryl methyl sites for hydroxylation is 2. The fourth-order valence-corrected chi connectivity index (χ4v) is 3.65. The summed E-state index contributed by atoms with van der Waals surface area (Å²) in [5.41, 5.74) is 2.92. The summed E-state index contributed by atoms with van der Waals surface area (Å²) in [6.45, 7) is 5.05. The van der Waals surface area contributed by atoms with Gasteiger partial charge in [0, 0.05) is 19.6 Å². The van der Waals surface area contributed by atoms with Gasteiger partial charge in [0.25, 0.3) is 5.91 Å². The zero-order chi connectivity index (χ0) is 23.2. The highest BCUT2D eigenvalue weighted by atomic mass is 16.5. The molecule has 1 fully saturated rings. The number of nitrogens with one attached hydrogen (secondary N) is 1. The third-order valence-electron chi connectivity index (χ3n) is 5.50. The van der Waals surface area contributed by atoms with Crippen LogP contribution in [-0.2, 0) is 22.7 Å². The number of amides is 2. The molecule has 1 aliphatic heterocycles. The van der Waals surface area contributed by atoms with E-state index in [1.807, 2.05) is 61.5 Å². The predicted octanol–water partition coefficient (Wildman–Crippen LogP) is 3.03. The van der Waals surface area contributed by atoms with Crippen molar-refractivity contribution < 1.29 is 23.6 Å². The molecule has 0 saturated carbocycles. The van der Waals surface area contributed by atoms with Gasteiger partial charge in [0.05, 0.1) is 11.7 Å². The molecule has 0 bridgehead atoms. The summed E-state index contributed by atoms with van der Waals surface area (Å²) in [6, 6.07) is 17.5. The summed E-state index contributed by atoms with van der Waals surface area (Å²) in [5, 5.41) is 6.77. The van der Waals surface area contributed by atoms with Crippen molar-refractivity contribution >= 4 is 11.8 Å². The molecule has 2 amide bonds. The highest BCUT2D eigenvalue weighted by Gasteiger charge is 2.28. The lowest BCUT2D eigenvalue weighted by atomic mass is 10.1. The van der Waals surface area contributed by atoms with Crippen LogP contribution in [0.5, 0.6) is 5.75 Å². The van der Waals surface area contributed by atoms with E-state index in [0.29, 0.717) is 30.2 Å². The Balaban J connectivity index is 1.33. The number of carbonyl (C=O) groups excluding carboxylic acids is 2. The lowest BCUT2D eigenvalue weighted by Gasteiger charge is -2.32. The first-order chi connectivity index (χ1) is 16.0. The second kappa shape index (κ2) is 10.3. The highest BCUT2D eigenvalue weighted by Crippen LogP contribution is 2.19. The Bertz CT molecular complexity index is 1110. The number of morpholine rings is 1. The Morgan fingerprint density at radius 2 is 2.00 bits per heavy atom. The second-order valence-corrected chi connectivity index (χ2v) is 8.07. The number of rotatable bonds is 8. The summed E-state index contributed by atoms with van der Waals surface area (Å²) in [7, 11) is 0. The molecular weight excluding hydrogens is 422 g/mol. The van der Waals surface area contributed by atoms with Gasteiger partial charge in [-0.25, -0.2) is 0 Å². The molecular formula is C25H27N3O5. The van der Waals surface area contributed by atoms with Crippen LogP contribution in [0, 0.1) is 13.8 Å². The smallest absolute Gasteiger partial charge is 0.273 e. The van der Waals surface area contributed by atoms with Gasteiger partial charge in [-0.2, -0.15) is 0 Å². The molecule has 3 aromatic rings. The van der Waals surface area contributed by atoms with Crippen molar-refractivity contribution in [1.82, 2.24) is 15.4 Å². The monoisotopic (exact) mass is 449 g/mol. The molecule has 33 heavy (non-hydrogen) atoms. The largest absolute Gasteiger partial charge is 0.489 e. The summed E-state index contributed by atoms with van der Waals surface area (Å²) in [4.78, 5) is 26.8. The van der Waals surface area contributed by atoms with E-state index in [1.54, 1.807) is 11.8 Å². The minimum Gasteiger partial charge on any atom is -0.489 e. The summed E-state index contributed by atoms with van der Waals surface area (Å²) < 4.78 is 16.7. The average molecular weight is 450 g/mol. The van der Waals surface area contributed by atoms with E-state index in [9.17, 15) is 9.59 Å². The van der Waals surface area contributed by atoms with Crippen LogP contribution in [0.1, 0.15) is 32.9 Å². The van der Waals surface area contributed by atoms with E-state index >= 15 is 0 Å². The topological polar surface area (TPSA) is 93.9 Å². The summed E-state index contributed by atoms with van der Waals surface area (Å²) in [6.07, 6.45) is -0.310. The summed E-state index contributed by atoms with van der Waals surface area (Å²) >= 11 is 0. The van der Waals surface area contributed by atoms with Crippen molar-refractivity contribution in [3.63, 3.8) is 0 Å². The molecule has 8 nitrogen and oxygen atoms in total. The molecule has 172 valence electrons. The van der Waals surface area contributed by atoms with Gasteiger partial charge in [0.1, 0.15) is 24.7 Å². The molecule has 0 spiro atoms. The van der Waals surface area contributed by atoms with Crippen LogP contribution < -0.4 is 10.1 Å². The average Bonchev–Trinajstić information content (AvgIpc) is 3.19. The molecule has 1 aromatic heterocycles. The van der Waals surface area contributed by atoms with Crippen LogP contribution in [0.3, 0.4) is 0 Å². The van der Waals surface area contributed by atoms with Crippen LogP contribution in [0.15, 0.2) is 59.1 Å². The number of aromatic nitrogens is 1. The van der Waals surface area contributed by atoms with Crippen molar-refractivity contribution in [3.05, 3.63) is 82.7 Å². The third kappa shape index (κ3) is 5.78. The fraction of sp³-hybridized carbons (Fsp3) is 0.320. The number of ether oxygens (including phenoxy) is 2. The van der Waals surface area contributed by atoms with Gasteiger partial charge in [-0.1, -0.05) is 47.6 Å². The minimum atomic E-state index is -0.371. The van der Waals surface area contributed by atoms with Crippen LogP contribution in [0.2, 0.25) is 0 Å². The third-order valence-corrected chi connectivity index (χ3v) is 5.50. The van der Waals surface area contributed by atoms with E-state index in [1.165, 1.54) is 0 Å². The first-order valence-electron chi connectivity index (χ1n) is 10.9. The lowest BCUT2D eigenvalue weighted by Crippen LogP contribution is -2.50. The SMILES string of the molecule is Cc1cccc(OCc2c(C(=O)NCC3CN(Cc4ccccc4)C(=O)CO3)noc2C)c1. The quantitative estimate of drug-likeness (QED) is 0.568. The van der Waals surface area contributed by atoms with Gasteiger partial charge in [-0.15, -0.1) is 0 Å². The van der Waals surface area contributed by atoms with Crippen molar-refractivity contribution in [2.45, 2.75) is 33.1 Å². The molecule has 1 aliphatic rings. The van der Waals surface area contributed by atoms with Crippen molar-refractivity contribution in [2.75, 3.05) is 19.7 Å². The Labute approximate surface area is 192 Å². The molecule has 8 heteroatoms. The van der Waals surface area contributed by atoms with E-state index in [2.05, 4.69) is 10.5 Å². The normalized spacial score (nSPS) is 16.0. The Morgan fingerprint density at radius 3 is 2.79 bits per heavy atom. The molecule has 0 radical (unpaired) electrons. The minimum absolute atomic E-state index is 0.00792. The molecule has 4 rings (SSSR count). The summed E-state index contributed by atoms with van der Waals surface area (Å²) in [5.74, 6) is 0.802. The fourth-order valence-electron chi connectivity index (χ4n) is 3.65. The van der Waals surface area contributed by atoms with Crippen LogP contribution >= 0.6 is 0 Å². The van der Waals surface area contributed by atoms with Gasteiger partial charge >= 0.3 is 0 Å². The van der Waals surface area contributed by atoms with E-state index in [-0.39, 0.29) is 43.4 Å². The van der Waals surface area contributed by atoms with E-state index < -0.39 is 0 Å². The van der Waals surface area contributed by atoms with Crippen LogP contribution in [-0.4, -0.2) is 47.7 Å². The Hall–Kier alpha value is -3.65. The van der Waals surface area contributed by atoms with E-state index in [4.69, 9.17) is 14.0 Å². The lowest BCUT2D eigenvalue weighted by molar-refractivity contribution is -0.149. The van der Waals surface area contributed by atoms with Crippen molar-refractivity contribution in [3.8, 4) is 5.75 Å². The van der Waals surface area contributed by atoms with Gasteiger partial charge in [0.15, 0.2) is 5.69 Å². The first kappa shape index (κ1) is 22.5. The number of benzene rings is 2. The first-order valence-corrected chi connectivity index (χ1v) is 10.9. The van der Waals surface area contributed by atoms with E-state index in [0.717, 1.165) is 11.1 Å². The second-order valence-electron chi connectivity index (χ2n) is 8.07. The standard InChI is InChI=1S/C25H27N3O5/c1-17-7-6-10-20(11-17)31-15-22-18(2)33-27-24(22)25(30)26-12-21-14-28(23(29)16-32-21)13-19-8-4-3-5-9-19/h3-11,21H,12-16H2,1-2H3,(H,26,30). The number of hydrogen-bond donors (Lipinski definition) is 1. The maximum absolute atomic E-state index is 12.8. The maximum atomic E-state index is 12.8. The maximum Gasteiger partial charge on any atom is 0.273 e. The molecule has 1 saturated heterocycles. The molecule has 1 atom stereocenters. The molecule has 1 N–H and O–H groups in total. The van der Waals surface area contributed by atoms with Gasteiger partial charge < -0.3 is 24.2 Å². The van der Waals surface area contributed by atoms with Crippen LogP contribution in [0.4, 0.5) is 0 Å². The van der Waals surface area contributed by atoms with Gasteiger partial charge in [-0.05, 0) is 37.1 Å². The molecule has 1 unspecified atom stereocenters. The Kier molecular flexibility index (Phi) is 7.04. The zero-order valence-corrected chi connectivity index (χ0v) is 18.7. The number of nitrogens with zero attached hydrogens (tertiary/aromatic N) is 2. The Morgan fingerprint density at radius 1 is 1.18 bits per heavy atom. The molecule has 2 aromatic carbocycles. The molecule has 0 aliphatic carbocycles.